The van der Waals surface area contributed by atoms with Crippen LogP contribution in [0.15, 0.2) is 30.6 Å². The molecule has 0 unspecified atom stereocenters. The van der Waals surface area contributed by atoms with Gasteiger partial charge in [-0.05, 0) is 24.1 Å². The van der Waals surface area contributed by atoms with E-state index < -0.39 is 0 Å². The number of nitrogens with zero attached hydrogens (tertiary/aromatic N) is 2. The molecule has 0 atom stereocenters. The highest BCUT2D eigenvalue weighted by Gasteiger charge is 2.09. The van der Waals surface area contributed by atoms with Crippen molar-refractivity contribution in [2.24, 2.45) is 7.05 Å². The highest BCUT2D eigenvalue weighted by Crippen LogP contribution is 2.28. The van der Waals surface area contributed by atoms with Gasteiger partial charge in [-0.2, -0.15) is 5.10 Å². The molecule has 6 heteroatoms. The van der Waals surface area contributed by atoms with Crippen molar-refractivity contribution >= 4 is 5.91 Å². The Balaban J connectivity index is 1.99. The lowest BCUT2D eigenvalue weighted by molar-refractivity contribution is 0.0951. The average Bonchev–Trinajstić information content (AvgIpc) is 2.97. The molecule has 0 spiro atoms. The molecular formula is C16H21N3O3. The third-order valence-corrected chi connectivity index (χ3v) is 3.11. The number of methoxy groups -OCH3 is 1. The molecule has 22 heavy (non-hydrogen) atoms. The third kappa shape index (κ3) is 4.00. The van der Waals surface area contributed by atoms with Crippen LogP contribution in [0.3, 0.4) is 0 Å². The Bertz CT molecular complexity index is 637. The number of rotatable bonds is 7. The molecule has 2 rings (SSSR count). The van der Waals surface area contributed by atoms with E-state index in [9.17, 15) is 4.79 Å². The number of benzene rings is 1. The molecule has 0 aliphatic heterocycles. The van der Waals surface area contributed by atoms with Crippen molar-refractivity contribution < 1.29 is 14.3 Å². The maximum atomic E-state index is 12.0. The SMILES string of the molecule is CCCOc1ccc(CNC(=O)c2cnn(C)c2)cc1OC. The molecule has 1 N–H and O–H groups in total. The molecule has 2 aromatic rings. The number of hydrogen-bond donors (Lipinski definition) is 1. The second-order valence-electron chi connectivity index (χ2n) is 4.92. The summed E-state index contributed by atoms with van der Waals surface area (Å²) in [5.41, 5.74) is 1.48. The van der Waals surface area contributed by atoms with E-state index in [0.29, 0.717) is 30.2 Å². The van der Waals surface area contributed by atoms with Crippen LogP contribution in [-0.2, 0) is 13.6 Å². The average molecular weight is 303 g/mol. The number of amides is 1. The second-order valence-corrected chi connectivity index (χ2v) is 4.92. The zero-order chi connectivity index (χ0) is 15.9. The van der Waals surface area contributed by atoms with Gasteiger partial charge < -0.3 is 14.8 Å². The molecule has 0 radical (unpaired) electrons. The van der Waals surface area contributed by atoms with E-state index in [4.69, 9.17) is 9.47 Å². The molecule has 0 fully saturated rings. The number of carbonyl (C=O) groups is 1. The Morgan fingerprint density at radius 3 is 2.82 bits per heavy atom. The first kappa shape index (κ1) is 15.9. The monoisotopic (exact) mass is 303 g/mol. The summed E-state index contributed by atoms with van der Waals surface area (Å²) >= 11 is 0. The summed E-state index contributed by atoms with van der Waals surface area (Å²) in [6.07, 6.45) is 4.15. The fourth-order valence-electron chi connectivity index (χ4n) is 1.98. The van der Waals surface area contributed by atoms with E-state index >= 15 is 0 Å². The minimum Gasteiger partial charge on any atom is -0.493 e. The molecule has 1 aromatic heterocycles. The van der Waals surface area contributed by atoms with Crippen LogP contribution in [0.1, 0.15) is 29.3 Å². The van der Waals surface area contributed by atoms with Crippen molar-refractivity contribution in [2.45, 2.75) is 19.9 Å². The lowest BCUT2D eigenvalue weighted by Crippen LogP contribution is -2.22. The van der Waals surface area contributed by atoms with Gasteiger partial charge in [0.25, 0.3) is 5.91 Å². The van der Waals surface area contributed by atoms with E-state index in [1.54, 1.807) is 25.0 Å². The normalized spacial score (nSPS) is 10.3. The Morgan fingerprint density at radius 2 is 2.18 bits per heavy atom. The molecular weight excluding hydrogens is 282 g/mol. The van der Waals surface area contributed by atoms with Gasteiger partial charge in [0.1, 0.15) is 0 Å². The highest BCUT2D eigenvalue weighted by atomic mass is 16.5. The Kier molecular flexibility index (Phi) is 5.41. The largest absolute Gasteiger partial charge is 0.493 e. The maximum absolute atomic E-state index is 12.0. The molecule has 6 nitrogen and oxygen atoms in total. The molecule has 118 valence electrons. The van der Waals surface area contributed by atoms with Gasteiger partial charge in [0, 0.05) is 19.8 Å². The maximum Gasteiger partial charge on any atom is 0.254 e. The predicted octanol–water partition coefficient (Wildman–Crippen LogP) is 2.15. The molecule has 0 aliphatic carbocycles. The van der Waals surface area contributed by atoms with E-state index in [0.717, 1.165) is 12.0 Å². The van der Waals surface area contributed by atoms with Gasteiger partial charge in [-0.3, -0.25) is 9.48 Å². The van der Waals surface area contributed by atoms with Gasteiger partial charge >= 0.3 is 0 Å². The predicted molar refractivity (Wildman–Crippen MR) is 83.2 cm³/mol. The molecule has 1 aromatic carbocycles. The van der Waals surface area contributed by atoms with Gasteiger partial charge in [0.15, 0.2) is 11.5 Å². The van der Waals surface area contributed by atoms with Crippen molar-refractivity contribution in [1.82, 2.24) is 15.1 Å². The third-order valence-electron chi connectivity index (χ3n) is 3.11. The van der Waals surface area contributed by atoms with Crippen LogP contribution in [-0.4, -0.2) is 29.4 Å². The van der Waals surface area contributed by atoms with Crippen molar-refractivity contribution in [1.29, 1.82) is 0 Å². The molecule has 0 saturated carbocycles. The van der Waals surface area contributed by atoms with Crippen molar-refractivity contribution in [3.8, 4) is 11.5 Å². The molecule has 1 amide bonds. The lowest BCUT2D eigenvalue weighted by atomic mass is 10.2. The number of aryl methyl sites for hydroxylation is 1. The van der Waals surface area contributed by atoms with Gasteiger partial charge in [-0.15, -0.1) is 0 Å². The smallest absolute Gasteiger partial charge is 0.254 e. The van der Waals surface area contributed by atoms with Crippen molar-refractivity contribution in [2.75, 3.05) is 13.7 Å². The first-order valence-electron chi connectivity index (χ1n) is 7.20. The lowest BCUT2D eigenvalue weighted by Gasteiger charge is -2.12. The Morgan fingerprint density at radius 1 is 1.36 bits per heavy atom. The number of nitrogens with one attached hydrogen (secondary N) is 1. The topological polar surface area (TPSA) is 65.4 Å². The summed E-state index contributed by atoms with van der Waals surface area (Å²) in [7, 11) is 3.38. The molecule has 0 saturated heterocycles. The summed E-state index contributed by atoms with van der Waals surface area (Å²) in [5, 5.41) is 6.83. The number of carbonyl (C=O) groups excluding carboxylic acids is 1. The summed E-state index contributed by atoms with van der Waals surface area (Å²) in [5.74, 6) is 1.23. The van der Waals surface area contributed by atoms with Crippen LogP contribution in [0.4, 0.5) is 0 Å². The fraction of sp³-hybridized carbons (Fsp3) is 0.375. The first-order valence-corrected chi connectivity index (χ1v) is 7.20. The van der Waals surface area contributed by atoms with Gasteiger partial charge in [-0.25, -0.2) is 0 Å². The van der Waals surface area contributed by atoms with Crippen molar-refractivity contribution in [3.05, 3.63) is 41.7 Å². The summed E-state index contributed by atoms with van der Waals surface area (Å²) in [4.78, 5) is 12.0. The fourth-order valence-corrected chi connectivity index (χ4v) is 1.98. The standard InChI is InChI=1S/C16H21N3O3/c1-4-7-22-14-6-5-12(8-15(14)21-3)9-17-16(20)13-10-18-19(2)11-13/h5-6,8,10-11H,4,7,9H2,1-3H3,(H,17,20). The van der Waals surface area contributed by atoms with Crippen LogP contribution in [0.5, 0.6) is 11.5 Å². The van der Waals surface area contributed by atoms with Gasteiger partial charge in [0.2, 0.25) is 0 Å². The Labute approximate surface area is 130 Å². The van der Waals surface area contributed by atoms with E-state index in [-0.39, 0.29) is 5.91 Å². The van der Waals surface area contributed by atoms with Gasteiger partial charge in [-0.1, -0.05) is 13.0 Å². The molecule has 0 aliphatic rings. The summed E-state index contributed by atoms with van der Waals surface area (Å²) in [6.45, 7) is 3.11. The number of ether oxygens (including phenoxy) is 2. The quantitative estimate of drug-likeness (QED) is 0.851. The van der Waals surface area contributed by atoms with Crippen LogP contribution in [0.2, 0.25) is 0 Å². The van der Waals surface area contributed by atoms with E-state index in [2.05, 4.69) is 17.3 Å². The second kappa shape index (κ2) is 7.49. The Hall–Kier alpha value is -2.50. The van der Waals surface area contributed by atoms with Crippen LogP contribution in [0.25, 0.3) is 0 Å². The molecule has 1 heterocycles. The van der Waals surface area contributed by atoms with Gasteiger partial charge in [0.05, 0.1) is 25.5 Å². The first-order chi connectivity index (χ1) is 10.6. The number of aromatic nitrogens is 2. The zero-order valence-electron chi connectivity index (χ0n) is 13.1. The van der Waals surface area contributed by atoms with Crippen LogP contribution < -0.4 is 14.8 Å². The molecule has 0 bridgehead atoms. The zero-order valence-corrected chi connectivity index (χ0v) is 13.1. The summed E-state index contributed by atoms with van der Waals surface area (Å²) in [6, 6.07) is 5.64. The highest BCUT2D eigenvalue weighted by molar-refractivity contribution is 5.93. The van der Waals surface area contributed by atoms with Crippen molar-refractivity contribution in [3.63, 3.8) is 0 Å². The van der Waals surface area contributed by atoms with E-state index in [1.165, 1.54) is 6.20 Å². The minimum absolute atomic E-state index is 0.154. The van der Waals surface area contributed by atoms with Crippen LogP contribution >= 0.6 is 0 Å². The summed E-state index contributed by atoms with van der Waals surface area (Å²) < 4.78 is 12.5. The van der Waals surface area contributed by atoms with Crippen LogP contribution in [0, 0.1) is 0 Å². The number of hydrogen-bond acceptors (Lipinski definition) is 4. The minimum atomic E-state index is -0.154. The van der Waals surface area contributed by atoms with E-state index in [1.807, 2.05) is 18.2 Å².